The molecule has 1 rings (SSSR count). The molecule has 1 atom stereocenters. The Morgan fingerprint density at radius 3 is 2.65 bits per heavy atom. The van der Waals surface area contributed by atoms with Gasteiger partial charge in [0.05, 0.1) is 10.5 Å². The Labute approximate surface area is 135 Å². The smallest absolute Gasteiger partial charge is 0.407 e. The van der Waals surface area contributed by atoms with Crippen LogP contribution in [0.15, 0.2) is 21.2 Å². The Kier molecular flexibility index (Phi) is 6.26. The van der Waals surface area contributed by atoms with Gasteiger partial charge in [-0.15, -0.1) is 0 Å². The predicted octanol–water partition coefficient (Wildman–Crippen LogP) is 3.90. The first-order chi connectivity index (χ1) is 9.17. The molecule has 0 aliphatic heterocycles. The molecule has 0 aliphatic carbocycles. The molecule has 7 heteroatoms. The fraction of sp³-hybridized carbons (Fsp3) is 0.538. The van der Waals surface area contributed by atoms with Crippen molar-refractivity contribution < 1.29 is 14.3 Å². The van der Waals surface area contributed by atoms with Gasteiger partial charge in [0.15, 0.2) is 0 Å². The van der Waals surface area contributed by atoms with Crippen LogP contribution in [0.4, 0.5) is 4.79 Å². The number of rotatable bonds is 4. The average Bonchev–Trinajstić information content (AvgIpc) is 2.24. The number of carbonyl (C=O) groups excluding carboxylic acids is 1. The van der Waals surface area contributed by atoms with Crippen LogP contribution in [0.3, 0.4) is 0 Å². The summed E-state index contributed by atoms with van der Waals surface area (Å²) in [6.45, 7) is 7.58. The highest BCUT2D eigenvalue weighted by molar-refractivity contribution is 9.11. The standard InChI is InChI=1S/C13H18Br2N2O3/c1-8(17-12(18)20-13(2,3)4)7-19-11-10(15)5-9(14)6-16-11/h5-6,8H,7H2,1-4H3,(H,17,18). The number of amides is 1. The summed E-state index contributed by atoms with van der Waals surface area (Å²) < 4.78 is 12.3. The fourth-order valence-corrected chi connectivity index (χ4v) is 2.36. The highest BCUT2D eigenvalue weighted by atomic mass is 79.9. The second-order valence-corrected chi connectivity index (χ2v) is 7.07. The number of nitrogens with one attached hydrogen (secondary N) is 1. The molecule has 1 aromatic rings. The Balaban J connectivity index is 2.43. The van der Waals surface area contributed by atoms with Crippen LogP contribution in [-0.4, -0.2) is 29.3 Å². The summed E-state index contributed by atoms with van der Waals surface area (Å²) in [6, 6.07) is 1.65. The van der Waals surface area contributed by atoms with E-state index in [0.717, 1.165) is 8.95 Å². The molecule has 0 bridgehead atoms. The van der Waals surface area contributed by atoms with Crippen LogP contribution < -0.4 is 10.1 Å². The molecule has 0 aliphatic rings. The number of hydrogen-bond donors (Lipinski definition) is 1. The van der Waals surface area contributed by atoms with E-state index in [-0.39, 0.29) is 6.04 Å². The van der Waals surface area contributed by atoms with Crippen molar-refractivity contribution in [2.75, 3.05) is 6.61 Å². The summed E-state index contributed by atoms with van der Waals surface area (Å²) >= 11 is 6.67. The molecule has 0 spiro atoms. The summed E-state index contributed by atoms with van der Waals surface area (Å²) in [5.74, 6) is 0.478. The van der Waals surface area contributed by atoms with Crippen LogP contribution in [0.5, 0.6) is 5.88 Å². The van der Waals surface area contributed by atoms with Gasteiger partial charge < -0.3 is 14.8 Å². The lowest BCUT2D eigenvalue weighted by atomic mass is 10.2. The molecule has 5 nitrogen and oxygen atoms in total. The van der Waals surface area contributed by atoms with E-state index in [1.165, 1.54) is 0 Å². The summed E-state index contributed by atoms with van der Waals surface area (Å²) in [4.78, 5) is 15.7. The zero-order chi connectivity index (χ0) is 15.3. The largest absolute Gasteiger partial charge is 0.475 e. The predicted molar refractivity (Wildman–Crippen MR) is 84.0 cm³/mol. The minimum Gasteiger partial charge on any atom is -0.475 e. The van der Waals surface area contributed by atoms with Crippen molar-refractivity contribution in [1.82, 2.24) is 10.3 Å². The molecule has 1 unspecified atom stereocenters. The van der Waals surface area contributed by atoms with Crippen molar-refractivity contribution in [3.63, 3.8) is 0 Å². The molecular formula is C13H18Br2N2O3. The molecule has 0 aromatic carbocycles. The molecule has 20 heavy (non-hydrogen) atoms. The SMILES string of the molecule is CC(COc1ncc(Br)cc1Br)NC(=O)OC(C)(C)C. The summed E-state index contributed by atoms with van der Waals surface area (Å²) in [5.41, 5.74) is -0.513. The van der Waals surface area contributed by atoms with Crippen LogP contribution in [0.25, 0.3) is 0 Å². The second-order valence-electron chi connectivity index (χ2n) is 5.30. The topological polar surface area (TPSA) is 60.5 Å². The Bertz CT molecular complexity index is 475. The third-order valence-electron chi connectivity index (χ3n) is 2.01. The summed E-state index contributed by atoms with van der Waals surface area (Å²) in [5, 5.41) is 2.70. The van der Waals surface area contributed by atoms with Gasteiger partial charge >= 0.3 is 6.09 Å². The number of nitrogens with zero attached hydrogens (tertiary/aromatic N) is 1. The Morgan fingerprint density at radius 2 is 2.10 bits per heavy atom. The van der Waals surface area contributed by atoms with Crippen molar-refractivity contribution >= 4 is 38.0 Å². The van der Waals surface area contributed by atoms with E-state index in [9.17, 15) is 4.79 Å². The molecule has 1 N–H and O–H groups in total. The third-order valence-corrected chi connectivity index (χ3v) is 3.01. The lowest BCUT2D eigenvalue weighted by Gasteiger charge is -2.22. The molecule has 1 aromatic heterocycles. The first kappa shape index (κ1) is 17.2. The minimum atomic E-state index is -0.513. The fourth-order valence-electron chi connectivity index (χ4n) is 1.26. The first-order valence-corrected chi connectivity index (χ1v) is 7.69. The van der Waals surface area contributed by atoms with Crippen molar-refractivity contribution in [1.29, 1.82) is 0 Å². The van der Waals surface area contributed by atoms with E-state index >= 15 is 0 Å². The quantitative estimate of drug-likeness (QED) is 0.819. The number of aromatic nitrogens is 1. The van der Waals surface area contributed by atoms with E-state index in [4.69, 9.17) is 9.47 Å². The van der Waals surface area contributed by atoms with Crippen molar-refractivity contribution in [2.45, 2.75) is 39.3 Å². The zero-order valence-electron chi connectivity index (χ0n) is 11.9. The van der Waals surface area contributed by atoms with Crippen LogP contribution >= 0.6 is 31.9 Å². The number of hydrogen-bond acceptors (Lipinski definition) is 4. The molecular weight excluding hydrogens is 392 g/mol. The van der Waals surface area contributed by atoms with Crippen molar-refractivity contribution in [2.24, 2.45) is 0 Å². The van der Waals surface area contributed by atoms with Gasteiger partial charge in [-0.3, -0.25) is 0 Å². The molecule has 0 saturated heterocycles. The van der Waals surface area contributed by atoms with Crippen LogP contribution in [0.2, 0.25) is 0 Å². The number of pyridine rings is 1. The molecule has 1 amide bonds. The van der Waals surface area contributed by atoms with E-state index in [1.54, 1.807) is 6.20 Å². The highest BCUT2D eigenvalue weighted by Crippen LogP contribution is 2.25. The normalized spacial score (nSPS) is 12.7. The van der Waals surface area contributed by atoms with Crippen molar-refractivity contribution in [3.8, 4) is 5.88 Å². The van der Waals surface area contributed by atoms with Crippen molar-refractivity contribution in [3.05, 3.63) is 21.2 Å². The number of halogens is 2. The first-order valence-electron chi connectivity index (χ1n) is 6.11. The van der Waals surface area contributed by atoms with Gasteiger partial charge in [-0.2, -0.15) is 0 Å². The summed E-state index contributed by atoms with van der Waals surface area (Å²) in [6.07, 6.45) is 1.18. The Morgan fingerprint density at radius 1 is 1.45 bits per heavy atom. The maximum Gasteiger partial charge on any atom is 0.407 e. The van der Waals surface area contributed by atoms with E-state index < -0.39 is 11.7 Å². The van der Waals surface area contributed by atoms with E-state index in [2.05, 4.69) is 42.2 Å². The number of alkyl carbamates (subject to hydrolysis) is 1. The van der Waals surface area contributed by atoms with Gasteiger partial charge in [0, 0.05) is 10.7 Å². The maximum absolute atomic E-state index is 11.6. The Hall–Kier alpha value is -0.820. The number of ether oxygens (including phenoxy) is 2. The third kappa shape index (κ3) is 6.56. The summed E-state index contributed by atoms with van der Waals surface area (Å²) in [7, 11) is 0. The minimum absolute atomic E-state index is 0.192. The van der Waals surface area contributed by atoms with Crippen LogP contribution in [-0.2, 0) is 4.74 Å². The van der Waals surface area contributed by atoms with Crippen LogP contribution in [0.1, 0.15) is 27.7 Å². The molecule has 112 valence electrons. The van der Waals surface area contributed by atoms with Gasteiger partial charge in [0.1, 0.15) is 12.2 Å². The lowest BCUT2D eigenvalue weighted by Crippen LogP contribution is -2.40. The van der Waals surface area contributed by atoms with Crippen LogP contribution in [0, 0.1) is 0 Å². The van der Waals surface area contributed by atoms with E-state index in [0.29, 0.717) is 12.5 Å². The second kappa shape index (κ2) is 7.26. The number of carbonyl (C=O) groups is 1. The van der Waals surface area contributed by atoms with Gasteiger partial charge in [0.2, 0.25) is 5.88 Å². The maximum atomic E-state index is 11.6. The zero-order valence-corrected chi connectivity index (χ0v) is 15.0. The molecule has 1 heterocycles. The molecule has 0 fully saturated rings. The lowest BCUT2D eigenvalue weighted by molar-refractivity contribution is 0.0493. The highest BCUT2D eigenvalue weighted by Gasteiger charge is 2.18. The van der Waals surface area contributed by atoms with Gasteiger partial charge in [0.25, 0.3) is 0 Å². The van der Waals surface area contributed by atoms with Gasteiger partial charge in [-0.05, 0) is 65.6 Å². The molecule has 0 saturated carbocycles. The van der Waals surface area contributed by atoms with E-state index in [1.807, 2.05) is 33.8 Å². The van der Waals surface area contributed by atoms with Gasteiger partial charge in [-0.25, -0.2) is 9.78 Å². The average molecular weight is 410 g/mol. The molecule has 0 radical (unpaired) electrons. The van der Waals surface area contributed by atoms with Gasteiger partial charge in [-0.1, -0.05) is 0 Å². The monoisotopic (exact) mass is 408 g/mol.